The summed E-state index contributed by atoms with van der Waals surface area (Å²) in [7, 11) is 2.11. The van der Waals surface area contributed by atoms with Crippen molar-refractivity contribution in [1.82, 2.24) is 19.0 Å². The first-order valence-corrected chi connectivity index (χ1v) is 10.1. The minimum absolute atomic E-state index is 0.0413. The van der Waals surface area contributed by atoms with Crippen molar-refractivity contribution >= 4 is 27.4 Å². The maximum atomic E-state index is 12.7. The van der Waals surface area contributed by atoms with E-state index in [1.807, 2.05) is 24.3 Å². The van der Waals surface area contributed by atoms with E-state index in [9.17, 15) is 4.79 Å². The molecule has 0 atom stereocenters. The van der Waals surface area contributed by atoms with Crippen molar-refractivity contribution in [3.8, 4) is 0 Å². The highest BCUT2D eigenvalue weighted by molar-refractivity contribution is 5.93. The van der Waals surface area contributed by atoms with Gasteiger partial charge in [-0.3, -0.25) is 14.3 Å². The normalized spacial score (nSPS) is 15.1. The van der Waals surface area contributed by atoms with E-state index in [-0.39, 0.29) is 5.56 Å². The standard InChI is InChI=1S/C24H24N4O/c1-26-16-21(19-6-3-5-9-23(19)26)18-10-12-27(13-11-18)14-15-28-17-25-22-8-4-2-7-20(22)24(28)29/h2-10,16-17H,11-15H2,1H3. The highest BCUT2D eigenvalue weighted by atomic mass is 16.1. The second-order valence-corrected chi connectivity index (χ2v) is 7.71. The second-order valence-electron chi connectivity index (χ2n) is 7.71. The van der Waals surface area contributed by atoms with E-state index in [4.69, 9.17) is 0 Å². The first-order valence-electron chi connectivity index (χ1n) is 10.1. The molecule has 1 aliphatic heterocycles. The lowest BCUT2D eigenvalue weighted by Gasteiger charge is -2.26. The Hall–Kier alpha value is -3.18. The number of aryl methyl sites for hydroxylation is 1. The molecule has 5 heteroatoms. The molecule has 0 spiro atoms. The van der Waals surface area contributed by atoms with Crippen LogP contribution in [0, 0.1) is 0 Å². The van der Waals surface area contributed by atoms with Crippen LogP contribution in [0.25, 0.3) is 27.4 Å². The molecule has 29 heavy (non-hydrogen) atoms. The SMILES string of the molecule is Cn1cc(C2=CCN(CCn3cnc4ccccc4c3=O)CC2)c2ccccc21. The number of nitrogens with zero attached hydrogens (tertiary/aromatic N) is 4. The van der Waals surface area contributed by atoms with Crippen molar-refractivity contribution in [1.29, 1.82) is 0 Å². The molecule has 0 N–H and O–H groups in total. The molecule has 1 aliphatic rings. The lowest BCUT2D eigenvalue weighted by Crippen LogP contribution is -2.34. The van der Waals surface area contributed by atoms with Crippen molar-refractivity contribution in [3.05, 3.63) is 83.0 Å². The van der Waals surface area contributed by atoms with Crippen molar-refractivity contribution in [2.45, 2.75) is 13.0 Å². The summed E-state index contributed by atoms with van der Waals surface area (Å²) in [6, 6.07) is 16.1. The van der Waals surface area contributed by atoms with Crippen LogP contribution < -0.4 is 5.56 Å². The van der Waals surface area contributed by atoms with Crippen LogP contribution >= 0.6 is 0 Å². The molecule has 2 aromatic heterocycles. The van der Waals surface area contributed by atoms with Crippen molar-refractivity contribution in [2.24, 2.45) is 7.05 Å². The molecule has 0 unspecified atom stereocenters. The van der Waals surface area contributed by atoms with Gasteiger partial charge in [0.2, 0.25) is 0 Å². The topological polar surface area (TPSA) is 43.1 Å². The number of rotatable bonds is 4. The van der Waals surface area contributed by atoms with E-state index < -0.39 is 0 Å². The smallest absolute Gasteiger partial charge is 0.261 e. The number of hydrogen-bond acceptors (Lipinski definition) is 3. The molecule has 3 heterocycles. The van der Waals surface area contributed by atoms with Crippen molar-refractivity contribution < 1.29 is 0 Å². The van der Waals surface area contributed by atoms with Crippen LogP contribution in [-0.2, 0) is 13.6 Å². The zero-order chi connectivity index (χ0) is 19.8. The number of para-hydroxylation sites is 2. The fourth-order valence-corrected chi connectivity index (χ4v) is 4.27. The third-order valence-electron chi connectivity index (χ3n) is 5.92. The molecule has 0 aliphatic carbocycles. The zero-order valence-corrected chi connectivity index (χ0v) is 16.6. The predicted molar refractivity (Wildman–Crippen MR) is 118 cm³/mol. The van der Waals surface area contributed by atoms with Crippen LogP contribution in [-0.4, -0.2) is 38.7 Å². The predicted octanol–water partition coefficient (Wildman–Crippen LogP) is 3.68. The lowest BCUT2D eigenvalue weighted by molar-refractivity contribution is 0.287. The number of fused-ring (bicyclic) bond motifs is 2. The molecule has 0 radical (unpaired) electrons. The summed E-state index contributed by atoms with van der Waals surface area (Å²) in [5.74, 6) is 0. The van der Waals surface area contributed by atoms with Crippen LogP contribution in [0.1, 0.15) is 12.0 Å². The van der Waals surface area contributed by atoms with Gasteiger partial charge >= 0.3 is 0 Å². The largest absolute Gasteiger partial charge is 0.350 e. The van der Waals surface area contributed by atoms with Gasteiger partial charge in [0.05, 0.1) is 17.2 Å². The van der Waals surface area contributed by atoms with E-state index in [0.717, 1.165) is 31.6 Å². The monoisotopic (exact) mass is 384 g/mol. The molecule has 4 aromatic rings. The van der Waals surface area contributed by atoms with Crippen LogP contribution in [0.15, 0.2) is 71.9 Å². The number of aromatic nitrogens is 3. The highest BCUT2D eigenvalue weighted by Gasteiger charge is 2.16. The summed E-state index contributed by atoms with van der Waals surface area (Å²) in [6.07, 6.45) is 7.28. The summed E-state index contributed by atoms with van der Waals surface area (Å²) in [5, 5.41) is 2.01. The molecule has 0 amide bonds. The maximum Gasteiger partial charge on any atom is 0.261 e. The fraction of sp³-hybridized carbons (Fsp3) is 0.250. The average molecular weight is 384 g/mol. The quantitative estimate of drug-likeness (QED) is 0.539. The van der Waals surface area contributed by atoms with Gasteiger partial charge < -0.3 is 4.57 Å². The minimum Gasteiger partial charge on any atom is -0.350 e. The zero-order valence-electron chi connectivity index (χ0n) is 16.6. The van der Waals surface area contributed by atoms with Gasteiger partial charge in [0, 0.05) is 55.9 Å². The van der Waals surface area contributed by atoms with Gasteiger partial charge in [-0.15, -0.1) is 0 Å². The van der Waals surface area contributed by atoms with Crippen LogP contribution in [0.2, 0.25) is 0 Å². The Balaban J connectivity index is 1.30. The molecule has 5 rings (SSSR count). The molecule has 2 aromatic carbocycles. The summed E-state index contributed by atoms with van der Waals surface area (Å²) in [4.78, 5) is 19.5. The first kappa shape index (κ1) is 17.9. The summed E-state index contributed by atoms with van der Waals surface area (Å²) in [5.41, 5.74) is 4.84. The third-order valence-corrected chi connectivity index (χ3v) is 5.92. The van der Waals surface area contributed by atoms with Gasteiger partial charge in [-0.2, -0.15) is 0 Å². The first-order chi connectivity index (χ1) is 14.2. The van der Waals surface area contributed by atoms with Gasteiger partial charge in [-0.25, -0.2) is 4.98 Å². The minimum atomic E-state index is 0.0413. The molecule has 5 nitrogen and oxygen atoms in total. The second kappa shape index (κ2) is 7.33. The molecule has 146 valence electrons. The molecule has 0 fully saturated rings. The van der Waals surface area contributed by atoms with Gasteiger partial charge in [0.15, 0.2) is 0 Å². The summed E-state index contributed by atoms with van der Waals surface area (Å²) < 4.78 is 3.93. The van der Waals surface area contributed by atoms with E-state index in [2.05, 4.69) is 58.0 Å². The van der Waals surface area contributed by atoms with Gasteiger partial charge in [0.1, 0.15) is 0 Å². The van der Waals surface area contributed by atoms with Crippen molar-refractivity contribution in [3.63, 3.8) is 0 Å². The Bertz CT molecular complexity index is 1280. The van der Waals surface area contributed by atoms with Gasteiger partial charge in [0.25, 0.3) is 5.56 Å². The Kier molecular flexibility index (Phi) is 4.52. The van der Waals surface area contributed by atoms with Crippen LogP contribution in [0.3, 0.4) is 0 Å². The highest BCUT2D eigenvalue weighted by Crippen LogP contribution is 2.30. The van der Waals surface area contributed by atoms with E-state index in [1.165, 1.54) is 22.0 Å². The summed E-state index contributed by atoms with van der Waals surface area (Å²) in [6.45, 7) is 3.42. The lowest BCUT2D eigenvalue weighted by atomic mass is 9.99. The van der Waals surface area contributed by atoms with Gasteiger partial charge in [-0.1, -0.05) is 36.4 Å². The van der Waals surface area contributed by atoms with Crippen LogP contribution in [0.4, 0.5) is 0 Å². The third kappa shape index (κ3) is 3.28. The van der Waals surface area contributed by atoms with E-state index >= 15 is 0 Å². The van der Waals surface area contributed by atoms with E-state index in [1.54, 1.807) is 10.9 Å². The molecular formula is C24H24N4O. The average Bonchev–Trinajstić information content (AvgIpc) is 3.11. The molecule has 0 saturated carbocycles. The molecule has 0 saturated heterocycles. The number of hydrogen-bond donors (Lipinski definition) is 0. The fourth-order valence-electron chi connectivity index (χ4n) is 4.27. The Labute approximate surface area is 169 Å². The van der Waals surface area contributed by atoms with E-state index in [0.29, 0.717) is 11.9 Å². The summed E-state index contributed by atoms with van der Waals surface area (Å²) >= 11 is 0. The van der Waals surface area contributed by atoms with Crippen LogP contribution in [0.5, 0.6) is 0 Å². The Morgan fingerprint density at radius 2 is 1.79 bits per heavy atom. The Morgan fingerprint density at radius 1 is 1.00 bits per heavy atom. The van der Waals surface area contributed by atoms with Gasteiger partial charge in [-0.05, 0) is 30.2 Å². The number of benzene rings is 2. The Morgan fingerprint density at radius 3 is 2.62 bits per heavy atom. The molecular weight excluding hydrogens is 360 g/mol. The maximum absolute atomic E-state index is 12.7. The van der Waals surface area contributed by atoms with Crippen molar-refractivity contribution in [2.75, 3.05) is 19.6 Å². The molecule has 0 bridgehead atoms.